The average Bonchev–Trinajstić information content (AvgIpc) is 2.79. The fourth-order valence-electron chi connectivity index (χ4n) is 2.40. The zero-order valence-corrected chi connectivity index (χ0v) is 12.3. The second-order valence-electron chi connectivity index (χ2n) is 5.75. The summed E-state index contributed by atoms with van der Waals surface area (Å²) in [5.74, 6) is 0.0705. The van der Waals surface area contributed by atoms with Crippen LogP contribution in [0.5, 0.6) is 0 Å². The predicted octanol–water partition coefficient (Wildman–Crippen LogP) is 0.815. The Bertz CT molecular complexity index is 476. The molecule has 1 saturated heterocycles. The maximum atomic E-state index is 12.1. The van der Waals surface area contributed by atoms with E-state index in [1.54, 1.807) is 10.7 Å². The molecule has 0 spiro atoms. The number of carbonyl (C=O) groups is 1. The summed E-state index contributed by atoms with van der Waals surface area (Å²) in [5, 5.41) is 17.3. The molecule has 1 amide bonds. The maximum Gasteiger partial charge on any atom is 0.271 e. The van der Waals surface area contributed by atoms with Crippen molar-refractivity contribution < 1.29 is 14.6 Å². The number of hydrogen-bond acceptors (Lipinski definition) is 4. The zero-order chi connectivity index (χ0) is 14.8. The molecule has 1 aliphatic heterocycles. The first-order valence-corrected chi connectivity index (χ1v) is 7.03. The van der Waals surface area contributed by atoms with Gasteiger partial charge in [-0.2, -0.15) is 5.10 Å². The van der Waals surface area contributed by atoms with Crippen LogP contribution in [0.3, 0.4) is 0 Å². The van der Waals surface area contributed by atoms with Gasteiger partial charge in [0.2, 0.25) is 0 Å². The predicted molar refractivity (Wildman–Crippen MR) is 74.6 cm³/mol. The van der Waals surface area contributed by atoms with E-state index in [0.717, 1.165) is 5.69 Å². The number of aliphatic hydroxyl groups is 1. The van der Waals surface area contributed by atoms with Gasteiger partial charge >= 0.3 is 0 Å². The minimum absolute atomic E-state index is 0.239. The molecule has 2 heterocycles. The van der Waals surface area contributed by atoms with Gasteiger partial charge in [-0.15, -0.1) is 0 Å². The van der Waals surface area contributed by atoms with Crippen LogP contribution in [-0.2, 0) is 11.8 Å². The SMILES string of the molecule is CC(C)c1cc(C(=O)NCC2(O)CCOCC2)nn1C. The van der Waals surface area contributed by atoms with Crippen LogP contribution in [0.15, 0.2) is 6.07 Å². The lowest BCUT2D eigenvalue weighted by Gasteiger charge is -2.31. The molecule has 1 aliphatic rings. The van der Waals surface area contributed by atoms with Crippen molar-refractivity contribution in [3.05, 3.63) is 17.5 Å². The monoisotopic (exact) mass is 281 g/mol. The van der Waals surface area contributed by atoms with Crippen LogP contribution in [0.4, 0.5) is 0 Å². The van der Waals surface area contributed by atoms with Gasteiger partial charge in [0, 0.05) is 45.3 Å². The van der Waals surface area contributed by atoms with E-state index in [4.69, 9.17) is 4.74 Å². The number of hydrogen-bond donors (Lipinski definition) is 2. The summed E-state index contributed by atoms with van der Waals surface area (Å²) in [7, 11) is 1.83. The summed E-state index contributed by atoms with van der Waals surface area (Å²) in [5.41, 5.74) is 0.551. The number of nitrogens with zero attached hydrogens (tertiary/aromatic N) is 2. The van der Waals surface area contributed by atoms with Crippen molar-refractivity contribution in [2.45, 2.75) is 38.2 Å². The average molecular weight is 281 g/mol. The molecule has 0 bridgehead atoms. The molecule has 1 aromatic heterocycles. The minimum Gasteiger partial charge on any atom is -0.388 e. The Balaban J connectivity index is 1.96. The largest absolute Gasteiger partial charge is 0.388 e. The van der Waals surface area contributed by atoms with E-state index in [9.17, 15) is 9.90 Å². The number of aryl methyl sites for hydroxylation is 1. The lowest BCUT2D eigenvalue weighted by atomic mass is 9.94. The summed E-state index contributed by atoms with van der Waals surface area (Å²) >= 11 is 0. The van der Waals surface area contributed by atoms with E-state index in [1.807, 2.05) is 7.05 Å². The molecule has 1 fully saturated rings. The van der Waals surface area contributed by atoms with E-state index in [2.05, 4.69) is 24.3 Å². The summed E-state index contributed by atoms with van der Waals surface area (Å²) in [4.78, 5) is 12.1. The van der Waals surface area contributed by atoms with Crippen molar-refractivity contribution in [2.24, 2.45) is 7.05 Å². The number of nitrogens with one attached hydrogen (secondary N) is 1. The number of aromatic nitrogens is 2. The topological polar surface area (TPSA) is 76.4 Å². The van der Waals surface area contributed by atoms with Gasteiger partial charge in [0.1, 0.15) is 5.69 Å². The van der Waals surface area contributed by atoms with Crippen molar-refractivity contribution in [1.82, 2.24) is 15.1 Å². The van der Waals surface area contributed by atoms with Crippen molar-refractivity contribution in [3.8, 4) is 0 Å². The lowest BCUT2D eigenvalue weighted by molar-refractivity contribution is -0.0605. The second-order valence-corrected chi connectivity index (χ2v) is 5.75. The molecule has 112 valence electrons. The molecule has 0 aliphatic carbocycles. The highest BCUT2D eigenvalue weighted by Crippen LogP contribution is 2.19. The molecular formula is C14H23N3O3. The third kappa shape index (κ3) is 3.37. The van der Waals surface area contributed by atoms with Gasteiger partial charge in [0.25, 0.3) is 5.91 Å². The summed E-state index contributed by atoms with van der Waals surface area (Å²) in [6.07, 6.45) is 1.10. The molecule has 6 nitrogen and oxygen atoms in total. The van der Waals surface area contributed by atoms with Crippen LogP contribution >= 0.6 is 0 Å². The Morgan fingerprint density at radius 3 is 2.75 bits per heavy atom. The van der Waals surface area contributed by atoms with Crippen LogP contribution in [0.1, 0.15) is 48.8 Å². The van der Waals surface area contributed by atoms with Gasteiger partial charge in [-0.25, -0.2) is 0 Å². The van der Waals surface area contributed by atoms with E-state index in [0.29, 0.717) is 37.7 Å². The van der Waals surface area contributed by atoms with Crippen molar-refractivity contribution in [2.75, 3.05) is 19.8 Å². The Morgan fingerprint density at radius 2 is 2.20 bits per heavy atom. The fraction of sp³-hybridized carbons (Fsp3) is 0.714. The van der Waals surface area contributed by atoms with E-state index < -0.39 is 5.60 Å². The molecule has 6 heteroatoms. The van der Waals surface area contributed by atoms with Crippen molar-refractivity contribution in [3.63, 3.8) is 0 Å². The van der Waals surface area contributed by atoms with Gasteiger partial charge in [-0.05, 0) is 12.0 Å². The standard InChI is InChI=1S/C14H23N3O3/c1-10(2)12-8-11(16-17(12)3)13(18)15-9-14(19)4-6-20-7-5-14/h8,10,19H,4-7,9H2,1-3H3,(H,15,18). The number of carbonyl (C=O) groups excluding carboxylic acids is 1. The Hall–Kier alpha value is -1.40. The number of ether oxygens (including phenoxy) is 1. The zero-order valence-electron chi connectivity index (χ0n) is 12.3. The lowest BCUT2D eigenvalue weighted by Crippen LogP contribution is -2.46. The van der Waals surface area contributed by atoms with Crippen LogP contribution in [0, 0.1) is 0 Å². The molecule has 2 N–H and O–H groups in total. The van der Waals surface area contributed by atoms with Gasteiger partial charge in [0.05, 0.1) is 5.60 Å². The summed E-state index contributed by atoms with van der Waals surface area (Å²) in [6.45, 7) is 5.43. The first-order chi connectivity index (χ1) is 9.41. The van der Waals surface area contributed by atoms with Crippen molar-refractivity contribution in [1.29, 1.82) is 0 Å². The third-order valence-corrected chi connectivity index (χ3v) is 3.74. The summed E-state index contributed by atoms with van der Waals surface area (Å²) < 4.78 is 6.94. The molecule has 0 saturated carbocycles. The number of rotatable bonds is 4. The summed E-state index contributed by atoms with van der Waals surface area (Å²) in [6, 6.07) is 1.80. The smallest absolute Gasteiger partial charge is 0.271 e. The highest BCUT2D eigenvalue weighted by atomic mass is 16.5. The van der Waals surface area contributed by atoms with Gasteiger partial charge in [-0.3, -0.25) is 9.48 Å². The van der Waals surface area contributed by atoms with Crippen molar-refractivity contribution >= 4 is 5.91 Å². The van der Waals surface area contributed by atoms with Crippen LogP contribution in [-0.4, -0.2) is 46.2 Å². The van der Waals surface area contributed by atoms with Gasteiger partial charge in [0.15, 0.2) is 0 Å². The first kappa shape index (κ1) is 15.0. The highest BCUT2D eigenvalue weighted by molar-refractivity contribution is 5.92. The Labute approximate surface area is 119 Å². The fourth-order valence-corrected chi connectivity index (χ4v) is 2.40. The number of amides is 1. The highest BCUT2D eigenvalue weighted by Gasteiger charge is 2.30. The van der Waals surface area contributed by atoms with E-state index >= 15 is 0 Å². The minimum atomic E-state index is -0.858. The van der Waals surface area contributed by atoms with Gasteiger partial charge < -0.3 is 15.2 Å². The van der Waals surface area contributed by atoms with Gasteiger partial charge in [-0.1, -0.05) is 13.8 Å². The Morgan fingerprint density at radius 1 is 1.55 bits per heavy atom. The molecule has 2 rings (SSSR count). The molecule has 0 aromatic carbocycles. The quantitative estimate of drug-likeness (QED) is 0.856. The molecule has 20 heavy (non-hydrogen) atoms. The molecule has 1 aromatic rings. The first-order valence-electron chi connectivity index (χ1n) is 7.03. The van der Waals surface area contributed by atoms with Crippen LogP contribution in [0.25, 0.3) is 0 Å². The Kier molecular flexibility index (Phi) is 4.45. The van der Waals surface area contributed by atoms with Crippen LogP contribution < -0.4 is 5.32 Å². The van der Waals surface area contributed by atoms with E-state index in [1.165, 1.54) is 0 Å². The molecule has 0 radical (unpaired) electrons. The normalized spacial score (nSPS) is 18.2. The molecular weight excluding hydrogens is 258 g/mol. The molecule has 0 unspecified atom stereocenters. The third-order valence-electron chi connectivity index (χ3n) is 3.74. The maximum absolute atomic E-state index is 12.1. The second kappa shape index (κ2) is 5.93. The molecule has 0 atom stereocenters. The van der Waals surface area contributed by atoms with E-state index in [-0.39, 0.29) is 12.5 Å². The van der Waals surface area contributed by atoms with Crippen LogP contribution in [0.2, 0.25) is 0 Å².